The predicted molar refractivity (Wildman–Crippen MR) is 123 cm³/mol. The van der Waals surface area contributed by atoms with Gasteiger partial charge in [-0.1, -0.05) is 0 Å². The lowest BCUT2D eigenvalue weighted by Gasteiger charge is -2.34. The van der Waals surface area contributed by atoms with E-state index in [4.69, 9.17) is 14.7 Å². The number of methoxy groups -OCH3 is 1. The Labute approximate surface area is 191 Å². The van der Waals surface area contributed by atoms with E-state index in [2.05, 4.69) is 21.3 Å². The van der Waals surface area contributed by atoms with Crippen LogP contribution in [0.15, 0.2) is 53.4 Å². The van der Waals surface area contributed by atoms with Crippen molar-refractivity contribution in [2.24, 2.45) is 0 Å². The number of nitrogens with one attached hydrogen (secondary N) is 1. The zero-order valence-electron chi connectivity index (χ0n) is 17.8. The van der Waals surface area contributed by atoms with E-state index < -0.39 is 0 Å². The van der Waals surface area contributed by atoms with E-state index in [0.717, 1.165) is 37.3 Å². The Morgan fingerprint density at radius 1 is 1.22 bits per heavy atom. The molecule has 1 saturated heterocycles. The number of benzene rings is 2. The third kappa shape index (κ3) is 5.18. The highest BCUT2D eigenvalue weighted by molar-refractivity contribution is 7.07. The molecule has 3 aromatic rings. The molecule has 0 spiro atoms. The first kappa shape index (κ1) is 21.7. The van der Waals surface area contributed by atoms with Gasteiger partial charge in [-0.05, 0) is 55.3 Å². The molecule has 0 radical (unpaired) electrons. The van der Waals surface area contributed by atoms with Crippen LogP contribution < -0.4 is 19.7 Å². The van der Waals surface area contributed by atoms with Gasteiger partial charge in [0.25, 0.3) is 5.91 Å². The number of piperidine rings is 1. The first-order valence-electron chi connectivity index (χ1n) is 10.4. The van der Waals surface area contributed by atoms with Crippen molar-refractivity contribution in [3.63, 3.8) is 0 Å². The lowest BCUT2D eigenvalue weighted by molar-refractivity contribution is 0.0930. The highest BCUT2D eigenvalue weighted by Crippen LogP contribution is 2.29. The molecule has 2 aromatic carbocycles. The maximum absolute atomic E-state index is 12.8. The largest absolute Gasteiger partial charge is 0.493 e. The zero-order chi connectivity index (χ0) is 22.3. The molecule has 32 heavy (non-hydrogen) atoms. The molecule has 164 valence electrons. The summed E-state index contributed by atoms with van der Waals surface area (Å²) in [5, 5.41) is 14.0. The highest BCUT2D eigenvalue weighted by atomic mass is 32.1. The van der Waals surface area contributed by atoms with Crippen molar-refractivity contribution in [3.05, 3.63) is 70.2 Å². The number of nitrogens with zero attached hydrogens (tertiary/aromatic N) is 3. The molecule has 1 aliphatic rings. The molecular formula is C24H24N4O3S. The van der Waals surface area contributed by atoms with Gasteiger partial charge in [-0.2, -0.15) is 5.26 Å². The summed E-state index contributed by atoms with van der Waals surface area (Å²) < 4.78 is 11.2. The summed E-state index contributed by atoms with van der Waals surface area (Å²) in [4.78, 5) is 19.3. The number of ether oxygens (including phenoxy) is 2. The Balaban J connectivity index is 1.32. The number of hydrogen-bond donors (Lipinski definition) is 1. The predicted octanol–water partition coefficient (Wildman–Crippen LogP) is 4.00. The number of hydrogen-bond acceptors (Lipinski definition) is 7. The molecular weight excluding hydrogens is 424 g/mol. The van der Waals surface area contributed by atoms with Crippen molar-refractivity contribution in [2.75, 3.05) is 25.1 Å². The maximum Gasteiger partial charge on any atom is 0.251 e. The first-order valence-corrected chi connectivity index (χ1v) is 11.3. The number of carbonyl (C=O) groups is 1. The number of carbonyl (C=O) groups excluding carboxylic acids is 1. The molecule has 0 unspecified atom stereocenters. The molecule has 7 nitrogen and oxygen atoms in total. The topological polar surface area (TPSA) is 87.5 Å². The first-order chi connectivity index (χ1) is 15.7. The lowest BCUT2D eigenvalue weighted by Crippen LogP contribution is -2.44. The van der Waals surface area contributed by atoms with Crippen molar-refractivity contribution in [3.8, 4) is 17.6 Å². The van der Waals surface area contributed by atoms with Gasteiger partial charge in [-0.25, -0.2) is 4.98 Å². The van der Waals surface area contributed by atoms with Crippen LogP contribution in [0.4, 0.5) is 5.69 Å². The Hall–Kier alpha value is -3.57. The third-order valence-corrected chi connectivity index (χ3v) is 6.11. The molecule has 8 heteroatoms. The van der Waals surface area contributed by atoms with Crippen molar-refractivity contribution in [2.45, 2.75) is 25.5 Å². The Morgan fingerprint density at radius 3 is 2.66 bits per heavy atom. The van der Waals surface area contributed by atoms with Crippen molar-refractivity contribution in [1.29, 1.82) is 5.26 Å². The van der Waals surface area contributed by atoms with E-state index in [1.807, 2.05) is 29.6 Å². The van der Waals surface area contributed by atoms with Crippen LogP contribution in [0.25, 0.3) is 0 Å². The van der Waals surface area contributed by atoms with E-state index in [-0.39, 0.29) is 11.9 Å². The molecule has 1 aromatic heterocycles. The zero-order valence-corrected chi connectivity index (χ0v) is 18.6. The fourth-order valence-electron chi connectivity index (χ4n) is 3.69. The number of anilines is 1. The van der Waals surface area contributed by atoms with Gasteiger partial charge in [-0.15, -0.1) is 11.3 Å². The molecule has 0 bridgehead atoms. The minimum Gasteiger partial charge on any atom is -0.493 e. The van der Waals surface area contributed by atoms with E-state index >= 15 is 0 Å². The summed E-state index contributed by atoms with van der Waals surface area (Å²) in [7, 11) is 1.56. The number of aromatic nitrogens is 1. The Morgan fingerprint density at radius 2 is 2.00 bits per heavy atom. The normalized spacial score (nSPS) is 13.9. The summed E-state index contributed by atoms with van der Waals surface area (Å²) in [5.41, 5.74) is 4.92. The van der Waals surface area contributed by atoms with Crippen LogP contribution in [-0.2, 0) is 6.61 Å². The van der Waals surface area contributed by atoms with Gasteiger partial charge in [0, 0.05) is 35.8 Å². The average Bonchev–Trinajstić information content (AvgIpc) is 3.37. The fraction of sp³-hybridized carbons (Fsp3) is 0.292. The monoisotopic (exact) mass is 448 g/mol. The minimum absolute atomic E-state index is 0.115. The van der Waals surface area contributed by atoms with E-state index in [1.54, 1.807) is 30.8 Å². The highest BCUT2D eigenvalue weighted by Gasteiger charge is 2.22. The maximum atomic E-state index is 12.8. The van der Waals surface area contributed by atoms with Crippen LogP contribution >= 0.6 is 11.3 Å². The van der Waals surface area contributed by atoms with Gasteiger partial charge >= 0.3 is 0 Å². The summed E-state index contributed by atoms with van der Waals surface area (Å²) in [5.74, 6) is 0.975. The van der Waals surface area contributed by atoms with Crippen LogP contribution in [-0.4, -0.2) is 37.1 Å². The van der Waals surface area contributed by atoms with Gasteiger partial charge in [0.15, 0.2) is 11.5 Å². The third-order valence-electron chi connectivity index (χ3n) is 5.48. The molecule has 0 atom stereocenters. The van der Waals surface area contributed by atoms with E-state index in [0.29, 0.717) is 29.2 Å². The smallest absolute Gasteiger partial charge is 0.251 e. The molecule has 0 saturated carbocycles. The number of thiazole rings is 1. The van der Waals surface area contributed by atoms with Crippen molar-refractivity contribution >= 4 is 22.9 Å². The number of nitriles is 1. The van der Waals surface area contributed by atoms with Gasteiger partial charge in [0.1, 0.15) is 6.61 Å². The Bertz CT molecular complexity index is 1090. The Kier molecular flexibility index (Phi) is 6.87. The van der Waals surface area contributed by atoms with Gasteiger partial charge in [0.2, 0.25) is 0 Å². The van der Waals surface area contributed by atoms with Crippen LogP contribution in [0.1, 0.15) is 34.5 Å². The van der Waals surface area contributed by atoms with Gasteiger partial charge < -0.3 is 19.7 Å². The summed E-state index contributed by atoms with van der Waals surface area (Å²) in [6, 6.07) is 15.1. The summed E-state index contributed by atoms with van der Waals surface area (Å²) in [6.45, 7) is 2.05. The standard InChI is InChI=1S/C24H24N4O3S/c1-30-23-12-18(4-7-22(23)31-14-20-15-32-16-26-20)24(29)27-19-8-10-28(11-9-19)21-5-2-17(13-25)3-6-21/h2-7,12,15-16,19H,8-11,14H2,1H3,(H,27,29). The molecule has 4 rings (SSSR count). The molecule has 0 aliphatic carbocycles. The molecule has 1 amide bonds. The van der Waals surface area contributed by atoms with Gasteiger partial charge in [0.05, 0.1) is 29.9 Å². The summed E-state index contributed by atoms with van der Waals surface area (Å²) in [6.07, 6.45) is 1.72. The molecule has 1 N–H and O–H groups in total. The van der Waals surface area contributed by atoms with Crippen LogP contribution in [0.3, 0.4) is 0 Å². The van der Waals surface area contributed by atoms with Crippen LogP contribution in [0, 0.1) is 11.3 Å². The average molecular weight is 449 g/mol. The number of amides is 1. The SMILES string of the molecule is COc1cc(C(=O)NC2CCN(c3ccc(C#N)cc3)CC2)ccc1OCc1cscn1. The van der Waals surface area contributed by atoms with Crippen LogP contribution in [0.2, 0.25) is 0 Å². The van der Waals surface area contributed by atoms with Gasteiger partial charge in [-0.3, -0.25) is 4.79 Å². The van der Waals surface area contributed by atoms with E-state index in [1.165, 1.54) is 11.3 Å². The van der Waals surface area contributed by atoms with Crippen molar-refractivity contribution < 1.29 is 14.3 Å². The second-order valence-electron chi connectivity index (χ2n) is 7.53. The van der Waals surface area contributed by atoms with E-state index in [9.17, 15) is 4.79 Å². The second kappa shape index (κ2) is 10.2. The molecule has 1 fully saturated rings. The minimum atomic E-state index is -0.119. The number of rotatable bonds is 7. The fourth-order valence-corrected chi connectivity index (χ4v) is 4.23. The molecule has 1 aliphatic heterocycles. The quantitative estimate of drug-likeness (QED) is 0.588. The lowest BCUT2D eigenvalue weighted by atomic mass is 10.0. The van der Waals surface area contributed by atoms with Crippen molar-refractivity contribution in [1.82, 2.24) is 10.3 Å². The van der Waals surface area contributed by atoms with Crippen LogP contribution in [0.5, 0.6) is 11.5 Å². The second-order valence-corrected chi connectivity index (χ2v) is 8.25. The molecule has 2 heterocycles. The summed E-state index contributed by atoms with van der Waals surface area (Å²) >= 11 is 1.52.